The summed E-state index contributed by atoms with van der Waals surface area (Å²) >= 11 is 1.05. The fourth-order valence-electron chi connectivity index (χ4n) is 3.05. The number of benzene rings is 2. The average molecular weight is 354 g/mol. The fraction of sp³-hybridized carbons (Fsp3) is 0.158. The van der Waals surface area contributed by atoms with E-state index in [0.717, 1.165) is 33.8 Å². The molecule has 0 radical (unpaired) electrons. The number of amides is 2. The van der Waals surface area contributed by atoms with Crippen molar-refractivity contribution in [3.8, 4) is 0 Å². The lowest BCUT2D eigenvalue weighted by atomic mass is 10.1. The lowest BCUT2D eigenvalue weighted by Crippen LogP contribution is -2.27. The molecule has 1 fully saturated rings. The first-order valence-corrected chi connectivity index (χ1v) is 8.89. The van der Waals surface area contributed by atoms with Gasteiger partial charge in [-0.1, -0.05) is 36.0 Å². The van der Waals surface area contributed by atoms with Crippen molar-refractivity contribution in [3.63, 3.8) is 0 Å². The van der Waals surface area contributed by atoms with Gasteiger partial charge in [0.1, 0.15) is 5.82 Å². The van der Waals surface area contributed by atoms with Crippen LogP contribution in [0.15, 0.2) is 54.7 Å². The van der Waals surface area contributed by atoms with Crippen LogP contribution in [-0.2, 0) is 17.9 Å². The molecular formula is C19H15FN2O2S. The summed E-state index contributed by atoms with van der Waals surface area (Å²) in [5.41, 5.74) is 2.97. The summed E-state index contributed by atoms with van der Waals surface area (Å²) in [5.74, 6) is -0.167. The third-order valence-corrected chi connectivity index (χ3v) is 5.20. The summed E-state index contributed by atoms with van der Waals surface area (Å²) in [6.07, 6.45) is 1.97. The van der Waals surface area contributed by atoms with E-state index in [9.17, 15) is 14.0 Å². The lowest BCUT2D eigenvalue weighted by molar-refractivity contribution is -0.124. The fourth-order valence-corrected chi connectivity index (χ4v) is 3.78. The van der Waals surface area contributed by atoms with Gasteiger partial charge in [-0.25, -0.2) is 4.39 Å². The van der Waals surface area contributed by atoms with Gasteiger partial charge in [0.2, 0.25) is 5.91 Å². The molecule has 0 atom stereocenters. The molecule has 1 aliphatic rings. The summed E-state index contributed by atoms with van der Waals surface area (Å²) < 4.78 is 15.1. The summed E-state index contributed by atoms with van der Waals surface area (Å²) in [4.78, 5) is 25.0. The zero-order valence-corrected chi connectivity index (χ0v) is 14.1. The summed E-state index contributed by atoms with van der Waals surface area (Å²) in [5, 5.41) is 0.829. The molecule has 2 heterocycles. The van der Waals surface area contributed by atoms with Gasteiger partial charge in [-0.2, -0.15) is 0 Å². The van der Waals surface area contributed by atoms with E-state index < -0.39 is 0 Å². The second-order valence-corrected chi connectivity index (χ2v) is 6.88. The maximum Gasteiger partial charge on any atom is 0.289 e. The Hall–Kier alpha value is -2.60. The highest BCUT2D eigenvalue weighted by molar-refractivity contribution is 8.14. The van der Waals surface area contributed by atoms with Gasteiger partial charge in [-0.15, -0.1) is 0 Å². The molecule has 1 aliphatic heterocycles. The van der Waals surface area contributed by atoms with Crippen LogP contribution < -0.4 is 0 Å². The smallest absolute Gasteiger partial charge is 0.289 e. The molecular weight excluding hydrogens is 339 g/mol. The molecule has 0 unspecified atom stereocenters. The Balaban J connectivity index is 1.64. The number of hydrogen-bond donors (Lipinski definition) is 0. The van der Waals surface area contributed by atoms with Crippen molar-refractivity contribution in [2.75, 3.05) is 5.75 Å². The Labute approximate surface area is 148 Å². The number of carbonyl (C=O) groups excluding carboxylic acids is 2. The quantitative estimate of drug-likeness (QED) is 0.711. The van der Waals surface area contributed by atoms with Gasteiger partial charge in [-0.05, 0) is 35.4 Å². The third-order valence-electron chi connectivity index (χ3n) is 4.34. The van der Waals surface area contributed by atoms with Crippen molar-refractivity contribution in [3.05, 3.63) is 71.7 Å². The molecule has 0 aliphatic carbocycles. The predicted octanol–water partition coefficient (Wildman–Crippen LogP) is 4.02. The second-order valence-electron chi connectivity index (χ2n) is 5.95. The Bertz CT molecular complexity index is 949. The van der Waals surface area contributed by atoms with Crippen LogP contribution in [-0.4, -0.2) is 26.4 Å². The first-order chi connectivity index (χ1) is 12.1. The van der Waals surface area contributed by atoms with E-state index >= 15 is 0 Å². The normalized spacial score (nSPS) is 14.7. The summed E-state index contributed by atoms with van der Waals surface area (Å²) in [6, 6.07) is 14.3. The molecule has 2 amide bonds. The Morgan fingerprint density at radius 1 is 1.00 bits per heavy atom. The van der Waals surface area contributed by atoms with Crippen molar-refractivity contribution in [1.82, 2.24) is 9.47 Å². The van der Waals surface area contributed by atoms with Crippen LogP contribution in [0.25, 0.3) is 10.9 Å². The van der Waals surface area contributed by atoms with E-state index in [1.54, 1.807) is 12.1 Å². The van der Waals surface area contributed by atoms with Gasteiger partial charge in [0.15, 0.2) is 0 Å². The van der Waals surface area contributed by atoms with Gasteiger partial charge >= 0.3 is 0 Å². The number of nitrogens with zero attached hydrogens (tertiary/aromatic N) is 2. The van der Waals surface area contributed by atoms with E-state index in [1.807, 2.05) is 30.5 Å². The minimum Gasteiger partial charge on any atom is -0.343 e. The van der Waals surface area contributed by atoms with Crippen LogP contribution in [0.2, 0.25) is 0 Å². The monoisotopic (exact) mass is 354 g/mol. The third kappa shape index (κ3) is 3.05. The van der Waals surface area contributed by atoms with E-state index in [-0.39, 0.29) is 22.7 Å². The molecule has 0 N–H and O–H groups in total. The van der Waals surface area contributed by atoms with Gasteiger partial charge in [0.25, 0.3) is 5.24 Å². The van der Waals surface area contributed by atoms with E-state index in [4.69, 9.17) is 0 Å². The SMILES string of the molecule is O=C1CSC(=O)N1Cc1cccc2c1ccn2Cc1ccc(F)cc1. The predicted molar refractivity (Wildman–Crippen MR) is 95.8 cm³/mol. The molecule has 126 valence electrons. The van der Waals surface area contributed by atoms with Crippen molar-refractivity contribution in [2.45, 2.75) is 13.1 Å². The van der Waals surface area contributed by atoms with Crippen LogP contribution in [0.3, 0.4) is 0 Å². The molecule has 6 heteroatoms. The molecule has 3 aromatic rings. The number of carbonyl (C=O) groups is 2. The van der Waals surface area contributed by atoms with Crippen LogP contribution in [0.1, 0.15) is 11.1 Å². The van der Waals surface area contributed by atoms with Crippen molar-refractivity contribution >= 4 is 33.8 Å². The minimum atomic E-state index is -0.249. The molecule has 1 saturated heterocycles. The second kappa shape index (κ2) is 6.37. The van der Waals surface area contributed by atoms with E-state index in [0.29, 0.717) is 13.1 Å². The van der Waals surface area contributed by atoms with Gasteiger partial charge in [0.05, 0.1) is 12.3 Å². The van der Waals surface area contributed by atoms with Crippen LogP contribution in [0.5, 0.6) is 0 Å². The van der Waals surface area contributed by atoms with Crippen molar-refractivity contribution in [1.29, 1.82) is 0 Å². The topological polar surface area (TPSA) is 42.3 Å². The molecule has 0 saturated carbocycles. The van der Waals surface area contributed by atoms with Gasteiger partial charge in [-0.3, -0.25) is 14.5 Å². The van der Waals surface area contributed by atoms with Crippen LogP contribution >= 0.6 is 11.8 Å². The van der Waals surface area contributed by atoms with Crippen LogP contribution in [0.4, 0.5) is 9.18 Å². The van der Waals surface area contributed by atoms with E-state index in [2.05, 4.69) is 4.57 Å². The summed E-state index contributed by atoms with van der Waals surface area (Å²) in [7, 11) is 0. The number of rotatable bonds is 4. The number of hydrogen-bond acceptors (Lipinski definition) is 3. The maximum atomic E-state index is 13.1. The average Bonchev–Trinajstić information content (AvgIpc) is 3.16. The molecule has 4 rings (SSSR count). The highest BCUT2D eigenvalue weighted by atomic mass is 32.2. The molecule has 2 aromatic carbocycles. The summed E-state index contributed by atoms with van der Waals surface area (Å²) in [6.45, 7) is 0.924. The molecule has 4 nitrogen and oxygen atoms in total. The molecule has 0 bridgehead atoms. The Morgan fingerprint density at radius 2 is 1.80 bits per heavy atom. The van der Waals surface area contributed by atoms with Gasteiger partial charge < -0.3 is 4.57 Å². The van der Waals surface area contributed by atoms with E-state index in [1.165, 1.54) is 17.0 Å². The first-order valence-electron chi connectivity index (χ1n) is 7.90. The number of thioether (sulfide) groups is 1. The first kappa shape index (κ1) is 15.9. The van der Waals surface area contributed by atoms with Gasteiger partial charge in [0, 0.05) is 23.6 Å². The highest BCUT2D eigenvalue weighted by Gasteiger charge is 2.30. The maximum absolute atomic E-state index is 13.1. The zero-order valence-electron chi connectivity index (χ0n) is 13.3. The molecule has 0 spiro atoms. The number of halogens is 1. The van der Waals surface area contributed by atoms with Crippen molar-refractivity contribution < 1.29 is 14.0 Å². The Morgan fingerprint density at radius 3 is 2.52 bits per heavy atom. The zero-order chi connectivity index (χ0) is 17.4. The number of imide groups is 1. The standard InChI is InChI=1S/C19H15FN2O2S/c20-15-6-4-13(5-7-15)10-21-9-8-16-14(2-1-3-17(16)21)11-22-18(23)12-25-19(22)24/h1-9H,10-12H2. The number of fused-ring (bicyclic) bond motifs is 1. The Kier molecular flexibility index (Phi) is 4.05. The highest BCUT2D eigenvalue weighted by Crippen LogP contribution is 2.26. The van der Waals surface area contributed by atoms with Crippen LogP contribution in [0, 0.1) is 5.82 Å². The molecule has 25 heavy (non-hydrogen) atoms. The van der Waals surface area contributed by atoms with Crippen molar-refractivity contribution in [2.24, 2.45) is 0 Å². The molecule has 1 aromatic heterocycles. The lowest BCUT2D eigenvalue weighted by Gasteiger charge is -2.14. The minimum absolute atomic E-state index is 0.141. The largest absolute Gasteiger partial charge is 0.343 e. The number of aromatic nitrogens is 1.